The van der Waals surface area contributed by atoms with E-state index in [1.807, 2.05) is 4.90 Å². The summed E-state index contributed by atoms with van der Waals surface area (Å²) in [7, 11) is -3.75. The number of aromatic nitrogens is 3. The van der Waals surface area contributed by atoms with Crippen molar-refractivity contribution in [2.24, 2.45) is 5.14 Å². The van der Waals surface area contributed by atoms with Crippen LogP contribution in [0.1, 0.15) is 51.6 Å². The van der Waals surface area contributed by atoms with Crippen LogP contribution in [-0.2, 0) is 26.9 Å². The summed E-state index contributed by atoms with van der Waals surface area (Å²) in [5.74, 6) is 0.574. The van der Waals surface area contributed by atoms with Crippen LogP contribution in [0.2, 0.25) is 0 Å². The lowest BCUT2D eigenvalue weighted by Crippen LogP contribution is -2.57. The molecule has 0 bridgehead atoms. The third-order valence-electron chi connectivity index (χ3n) is 6.78. The Morgan fingerprint density at radius 2 is 1.82 bits per heavy atom. The smallest absolute Gasteiger partial charge is 0.249 e. The molecule has 1 aromatic carbocycles. The van der Waals surface area contributed by atoms with E-state index in [1.165, 1.54) is 12.1 Å². The molecule has 0 unspecified atom stereocenters. The Kier molecular flexibility index (Phi) is 5.17. The summed E-state index contributed by atoms with van der Waals surface area (Å²) in [5, 5.41) is 9.22. The fraction of sp³-hybridized carbons (Fsp3) is 0.435. The van der Waals surface area contributed by atoms with Crippen molar-refractivity contribution >= 4 is 38.6 Å². The van der Waals surface area contributed by atoms with Gasteiger partial charge in [0.2, 0.25) is 21.9 Å². The number of sulfonamides is 1. The van der Waals surface area contributed by atoms with E-state index >= 15 is 0 Å². The van der Waals surface area contributed by atoms with Gasteiger partial charge in [-0.05, 0) is 57.0 Å². The number of hydrogen-bond donors (Lipinski definition) is 2. The second kappa shape index (κ2) is 7.81. The molecule has 1 saturated carbocycles. The molecule has 3 heterocycles. The minimum Gasteiger partial charge on any atom is -0.332 e. The Morgan fingerprint density at radius 1 is 1.12 bits per heavy atom. The van der Waals surface area contributed by atoms with Gasteiger partial charge in [0.15, 0.2) is 0 Å². The van der Waals surface area contributed by atoms with Crippen molar-refractivity contribution in [2.45, 2.75) is 69.0 Å². The highest BCUT2D eigenvalue weighted by Crippen LogP contribution is 2.43. The van der Waals surface area contributed by atoms with Crippen molar-refractivity contribution in [3.05, 3.63) is 42.2 Å². The molecule has 1 fully saturated rings. The molecule has 5 rings (SSSR count). The number of benzene rings is 1. The number of nitrogens with zero attached hydrogens (tertiary/aromatic N) is 4. The molecule has 174 valence electrons. The SMILES string of the molecule is CC(C)N1Cc2cc3cnc(Nc4ccc(S(N)(=O)=O)cc4)nc3n2C2(CCCCC2)C1=O. The quantitative estimate of drug-likeness (QED) is 0.606. The van der Waals surface area contributed by atoms with Gasteiger partial charge >= 0.3 is 0 Å². The highest BCUT2D eigenvalue weighted by atomic mass is 32.2. The van der Waals surface area contributed by atoms with Gasteiger partial charge in [-0.15, -0.1) is 0 Å². The van der Waals surface area contributed by atoms with Crippen LogP contribution in [-0.4, -0.2) is 39.8 Å². The van der Waals surface area contributed by atoms with Crippen LogP contribution in [0.25, 0.3) is 11.0 Å². The van der Waals surface area contributed by atoms with Gasteiger partial charge in [-0.2, -0.15) is 4.98 Å². The summed E-state index contributed by atoms with van der Waals surface area (Å²) >= 11 is 0. The molecule has 33 heavy (non-hydrogen) atoms. The molecule has 0 saturated heterocycles. The molecule has 3 N–H and O–H groups in total. The van der Waals surface area contributed by atoms with Crippen molar-refractivity contribution in [1.29, 1.82) is 0 Å². The zero-order valence-corrected chi connectivity index (χ0v) is 19.6. The molecule has 10 heteroatoms. The fourth-order valence-corrected chi connectivity index (χ4v) is 5.67. The van der Waals surface area contributed by atoms with E-state index in [9.17, 15) is 13.2 Å². The van der Waals surface area contributed by atoms with Crippen molar-refractivity contribution in [3.8, 4) is 0 Å². The van der Waals surface area contributed by atoms with Crippen molar-refractivity contribution in [2.75, 3.05) is 5.32 Å². The monoisotopic (exact) mass is 468 g/mol. The number of rotatable bonds is 4. The number of anilines is 2. The maximum Gasteiger partial charge on any atom is 0.249 e. The summed E-state index contributed by atoms with van der Waals surface area (Å²) in [6, 6.07) is 8.34. The summed E-state index contributed by atoms with van der Waals surface area (Å²) < 4.78 is 25.2. The predicted molar refractivity (Wildman–Crippen MR) is 125 cm³/mol. The van der Waals surface area contributed by atoms with E-state index in [0.717, 1.165) is 48.8 Å². The van der Waals surface area contributed by atoms with Gasteiger partial charge < -0.3 is 14.8 Å². The van der Waals surface area contributed by atoms with Crippen LogP contribution in [0.5, 0.6) is 0 Å². The maximum atomic E-state index is 13.7. The van der Waals surface area contributed by atoms with Crippen LogP contribution in [0.15, 0.2) is 41.4 Å². The highest BCUT2D eigenvalue weighted by molar-refractivity contribution is 7.89. The molecule has 0 radical (unpaired) electrons. The molecule has 1 aliphatic carbocycles. The first-order valence-electron chi connectivity index (χ1n) is 11.3. The largest absolute Gasteiger partial charge is 0.332 e. The zero-order valence-electron chi connectivity index (χ0n) is 18.8. The molecule has 1 aliphatic heterocycles. The fourth-order valence-electron chi connectivity index (χ4n) is 5.15. The van der Waals surface area contributed by atoms with Crippen LogP contribution in [0.3, 0.4) is 0 Å². The third kappa shape index (κ3) is 3.67. The van der Waals surface area contributed by atoms with E-state index in [-0.39, 0.29) is 16.8 Å². The molecule has 3 aromatic rings. The third-order valence-corrected chi connectivity index (χ3v) is 7.71. The molecule has 0 atom stereocenters. The average molecular weight is 469 g/mol. The van der Waals surface area contributed by atoms with E-state index in [2.05, 4.69) is 34.8 Å². The molecule has 2 aliphatic rings. The van der Waals surface area contributed by atoms with Gasteiger partial charge in [0.25, 0.3) is 0 Å². The number of carbonyl (C=O) groups excluding carboxylic acids is 1. The summed E-state index contributed by atoms with van der Waals surface area (Å²) in [5.41, 5.74) is 1.88. The van der Waals surface area contributed by atoms with E-state index in [1.54, 1.807) is 18.3 Å². The normalized spacial score (nSPS) is 18.2. The first-order chi connectivity index (χ1) is 15.7. The Balaban J connectivity index is 1.57. The predicted octanol–water partition coefficient (Wildman–Crippen LogP) is 3.23. The summed E-state index contributed by atoms with van der Waals surface area (Å²) in [6.07, 6.45) is 6.57. The Hall–Kier alpha value is -2.98. The second-order valence-electron chi connectivity index (χ2n) is 9.26. The van der Waals surface area contributed by atoms with Gasteiger partial charge in [-0.1, -0.05) is 19.3 Å². The number of amides is 1. The number of primary sulfonamides is 1. The van der Waals surface area contributed by atoms with Crippen LogP contribution >= 0.6 is 0 Å². The molecular formula is C23H28N6O3S. The molecule has 1 amide bonds. The first-order valence-corrected chi connectivity index (χ1v) is 12.8. The van der Waals surface area contributed by atoms with Gasteiger partial charge in [-0.3, -0.25) is 4.79 Å². The van der Waals surface area contributed by atoms with Crippen LogP contribution in [0.4, 0.5) is 11.6 Å². The zero-order chi connectivity index (χ0) is 23.4. The van der Waals surface area contributed by atoms with Crippen molar-refractivity contribution in [3.63, 3.8) is 0 Å². The first kappa shape index (κ1) is 21.8. The van der Waals surface area contributed by atoms with E-state index in [4.69, 9.17) is 10.1 Å². The van der Waals surface area contributed by atoms with Gasteiger partial charge in [0, 0.05) is 29.0 Å². The molecular weight excluding hydrogens is 440 g/mol. The van der Waals surface area contributed by atoms with Crippen molar-refractivity contribution < 1.29 is 13.2 Å². The van der Waals surface area contributed by atoms with Crippen LogP contribution in [0, 0.1) is 0 Å². The number of carbonyl (C=O) groups is 1. The maximum absolute atomic E-state index is 13.7. The summed E-state index contributed by atoms with van der Waals surface area (Å²) in [6.45, 7) is 4.69. The second-order valence-corrected chi connectivity index (χ2v) is 10.8. The minimum absolute atomic E-state index is 0.0394. The standard InChI is InChI=1S/C23H28N6O3S/c1-15(2)28-14-18-12-16-13-25-22(26-17-6-8-19(9-7-17)33(24,31)32)27-20(16)29(18)23(21(28)30)10-4-3-5-11-23/h6-9,12-13,15H,3-5,10-11,14H2,1-2H3,(H2,24,31,32)(H,25,26,27). The minimum atomic E-state index is -3.75. The Labute approximate surface area is 193 Å². The number of nitrogens with two attached hydrogens (primary N) is 1. The molecule has 9 nitrogen and oxygen atoms in total. The van der Waals surface area contributed by atoms with E-state index in [0.29, 0.717) is 18.2 Å². The van der Waals surface area contributed by atoms with Gasteiger partial charge in [0.05, 0.1) is 11.4 Å². The lowest BCUT2D eigenvalue weighted by molar-refractivity contribution is -0.148. The van der Waals surface area contributed by atoms with Crippen LogP contribution < -0.4 is 10.5 Å². The Bertz CT molecular complexity index is 1320. The topological polar surface area (TPSA) is 123 Å². The number of nitrogens with one attached hydrogen (secondary N) is 1. The average Bonchev–Trinajstić information content (AvgIpc) is 3.15. The lowest BCUT2D eigenvalue weighted by atomic mass is 9.78. The van der Waals surface area contributed by atoms with Gasteiger partial charge in [0.1, 0.15) is 11.2 Å². The molecule has 2 aromatic heterocycles. The Morgan fingerprint density at radius 3 is 2.45 bits per heavy atom. The number of fused-ring (bicyclic) bond motifs is 4. The van der Waals surface area contributed by atoms with E-state index < -0.39 is 15.6 Å². The molecule has 1 spiro atoms. The highest BCUT2D eigenvalue weighted by Gasteiger charge is 2.49. The summed E-state index contributed by atoms with van der Waals surface area (Å²) in [4.78, 5) is 25.0. The van der Waals surface area contributed by atoms with Crippen molar-refractivity contribution in [1.82, 2.24) is 19.4 Å². The lowest BCUT2D eigenvalue weighted by Gasteiger charge is -2.47. The number of hydrogen-bond acceptors (Lipinski definition) is 6. The van der Waals surface area contributed by atoms with Gasteiger partial charge in [-0.25, -0.2) is 18.5 Å².